The maximum atomic E-state index is 13.6. The van der Waals surface area contributed by atoms with Crippen LogP contribution >= 0.6 is 11.3 Å². The van der Waals surface area contributed by atoms with Crippen molar-refractivity contribution >= 4 is 28.3 Å². The van der Waals surface area contributed by atoms with Gasteiger partial charge in [-0.25, -0.2) is 4.39 Å². The van der Waals surface area contributed by atoms with E-state index in [1.807, 2.05) is 36.1 Å². The fraction of sp³-hybridized carbons (Fsp3) is 0.304. The van der Waals surface area contributed by atoms with E-state index in [4.69, 9.17) is 4.74 Å². The van der Waals surface area contributed by atoms with Crippen molar-refractivity contribution in [3.63, 3.8) is 0 Å². The molecule has 33 heavy (non-hydrogen) atoms. The maximum absolute atomic E-state index is 13.6. The van der Waals surface area contributed by atoms with Gasteiger partial charge in [0.15, 0.2) is 18.2 Å². The van der Waals surface area contributed by atoms with Crippen molar-refractivity contribution in [2.24, 2.45) is 0 Å². The third-order valence-corrected chi connectivity index (χ3v) is 6.10. The Morgan fingerprint density at radius 1 is 1.09 bits per heavy atom. The number of hydrogen-bond donors (Lipinski definition) is 1. The first-order chi connectivity index (χ1) is 16.0. The monoisotopic (exact) mass is 469 g/mol. The van der Waals surface area contributed by atoms with Gasteiger partial charge in [-0.1, -0.05) is 47.2 Å². The first-order valence-electron chi connectivity index (χ1n) is 10.6. The molecule has 2 heterocycles. The highest BCUT2D eigenvalue weighted by Crippen LogP contribution is 2.26. The predicted octanol–water partition coefficient (Wildman–Crippen LogP) is 2.81. The summed E-state index contributed by atoms with van der Waals surface area (Å²) >= 11 is 1.33. The van der Waals surface area contributed by atoms with Crippen LogP contribution in [0.2, 0.25) is 0 Å². The van der Waals surface area contributed by atoms with Crippen molar-refractivity contribution in [3.05, 3.63) is 59.9 Å². The minimum Gasteiger partial charge on any atom is -0.481 e. The molecular formula is C23H24FN5O3S. The Morgan fingerprint density at radius 3 is 2.64 bits per heavy atom. The molecule has 1 saturated heterocycles. The Bertz CT molecular complexity index is 1130. The third-order valence-electron chi connectivity index (χ3n) is 5.22. The number of aryl methyl sites for hydroxylation is 1. The van der Waals surface area contributed by atoms with Crippen molar-refractivity contribution in [2.45, 2.75) is 6.92 Å². The van der Waals surface area contributed by atoms with Gasteiger partial charge in [-0.2, -0.15) is 0 Å². The van der Waals surface area contributed by atoms with Gasteiger partial charge in [0.25, 0.3) is 5.91 Å². The summed E-state index contributed by atoms with van der Waals surface area (Å²) in [7, 11) is 0. The normalized spacial score (nSPS) is 14.2. The number of carbonyl (C=O) groups is 2. The number of aromatic nitrogens is 2. The van der Waals surface area contributed by atoms with E-state index in [9.17, 15) is 14.0 Å². The van der Waals surface area contributed by atoms with Gasteiger partial charge in [0, 0.05) is 31.7 Å². The SMILES string of the molecule is Cc1cccc(-c2nnc(NC(=O)CN3CCN(C(=O)COc4ccccc4F)CC3)s2)c1. The standard InChI is InChI=1S/C23H24FN5O3S/c1-16-5-4-6-17(13-16)22-26-27-23(33-22)25-20(30)14-28-9-11-29(12-10-28)21(31)15-32-19-8-3-2-7-18(19)24/h2-8,13H,9-12,14-15H2,1H3,(H,25,27,30). The van der Waals surface area contributed by atoms with Crippen LogP contribution in [0.1, 0.15) is 5.56 Å². The number of hydrogen-bond acceptors (Lipinski definition) is 7. The average molecular weight is 470 g/mol. The molecule has 2 amide bonds. The third kappa shape index (κ3) is 6.11. The second-order valence-corrected chi connectivity index (χ2v) is 8.68. The maximum Gasteiger partial charge on any atom is 0.260 e. The van der Waals surface area contributed by atoms with Crippen molar-refractivity contribution in [2.75, 3.05) is 44.6 Å². The van der Waals surface area contributed by atoms with Crippen molar-refractivity contribution in [1.29, 1.82) is 0 Å². The molecule has 0 radical (unpaired) electrons. The zero-order valence-electron chi connectivity index (χ0n) is 18.2. The smallest absolute Gasteiger partial charge is 0.260 e. The van der Waals surface area contributed by atoms with Crippen molar-refractivity contribution in [1.82, 2.24) is 20.0 Å². The highest BCUT2D eigenvalue weighted by atomic mass is 32.1. The van der Waals surface area contributed by atoms with E-state index < -0.39 is 5.82 Å². The topological polar surface area (TPSA) is 87.7 Å². The van der Waals surface area contributed by atoms with Crippen LogP contribution in [0.5, 0.6) is 5.75 Å². The van der Waals surface area contributed by atoms with Crippen LogP contribution in [0.25, 0.3) is 10.6 Å². The lowest BCUT2D eigenvalue weighted by atomic mass is 10.1. The number of halogens is 1. The fourth-order valence-corrected chi connectivity index (χ4v) is 4.23. The molecule has 0 atom stereocenters. The van der Waals surface area contributed by atoms with Gasteiger partial charge in [0.2, 0.25) is 11.0 Å². The summed E-state index contributed by atoms with van der Waals surface area (Å²) < 4.78 is 18.9. The number of nitrogens with zero attached hydrogens (tertiary/aromatic N) is 4. The van der Waals surface area contributed by atoms with Gasteiger partial charge in [0.1, 0.15) is 5.01 Å². The van der Waals surface area contributed by atoms with Gasteiger partial charge in [0.05, 0.1) is 6.54 Å². The lowest BCUT2D eigenvalue weighted by molar-refractivity contribution is -0.135. The molecule has 1 aromatic heterocycles. The second kappa shape index (κ2) is 10.5. The molecule has 172 valence electrons. The zero-order chi connectivity index (χ0) is 23.2. The molecule has 0 spiro atoms. The number of para-hydroxylation sites is 1. The Labute approximate surface area is 195 Å². The second-order valence-electron chi connectivity index (χ2n) is 7.71. The lowest BCUT2D eigenvalue weighted by Gasteiger charge is -2.34. The van der Waals surface area contributed by atoms with E-state index in [1.165, 1.54) is 23.5 Å². The van der Waals surface area contributed by atoms with Gasteiger partial charge >= 0.3 is 0 Å². The minimum atomic E-state index is -0.498. The van der Waals surface area contributed by atoms with Gasteiger partial charge in [-0.15, -0.1) is 10.2 Å². The Kier molecular flexibility index (Phi) is 7.26. The first kappa shape index (κ1) is 22.8. The summed E-state index contributed by atoms with van der Waals surface area (Å²) in [5.74, 6) is -0.824. The van der Waals surface area contributed by atoms with E-state index in [0.29, 0.717) is 31.3 Å². The molecule has 0 unspecified atom stereocenters. The zero-order valence-corrected chi connectivity index (χ0v) is 19.0. The van der Waals surface area contributed by atoms with Crippen LogP contribution in [-0.4, -0.2) is 71.1 Å². The number of rotatable bonds is 7. The number of ether oxygens (including phenoxy) is 1. The molecule has 8 nitrogen and oxygen atoms in total. The van der Waals surface area contributed by atoms with Gasteiger partial charge in [-0.3, -0.25) is 19.8 Å². The predicted molar refractivity (Wildman–Crippen MR) is 124 cm³/mol. The van der Waals surface area contributed by atoms with Crippen molar-refractivity contribution < 1.29 is 18.7 Å². The number of anilines is 1. The summed E-state index contributed by atoms with van der Waals surface area (Å²) in [6, 6.07) is 13.9. The van der Waals surface area contributed by atoms with E-state index in [2.05, 4.69) is 15.5 Å². The van der Waals surface area contributed by atoms with Gasteiger partial charge in [-0.05, 0) is 25.1 Å². The molecule has 0 saturated carbocycles. The van der Waals surface area contributed by atoms with E-state index >= 15 is 0 Å². The van der Waals surface area contributed by atoms with E-state index in [0.717, 1.165) is 16.1 Å². The summed E-state index contributed by atoms with van der Waals surface area (Å²) in [6.07, 6.45) is 0. The van der Waals surface area contributed by atoms with Gasteiger partial charge < -0.3 is 9.64 Å². The van der Waals surface area contributed by atoms with Crippen LogP contribution in [0, 0.1) is 12.7 Å². The molecule has 1 aliphatic heterocycles. The Morgan fingerprint density at radius 2 is 1.88 bits per heavy atom. The van der Waals surface area contributed by atoms with Crippen LogP contribution in [-0.2, 0) is 9.59 Å². The number of benzene rings is 2. The summed E-state index contributed by atoms with van der Waals surface area (Å²) in [4.78, 5) is 28.4. The summed E-state index contributed by atoms with van der Waals surface area (Å²) in [5.41, 5.74) is 2.09. The molecule has 0 bridgehead atoms. The van der Waals surface area contributed by atoms with Crippen molar-refractivity contribution in [3.8, 4) is 16.3 Å². The lowest BCUT2D eigenvalue weighted by Crippen LogP contribution is -2.51. The first-order valence-corrected chi connectivity index (χ1v) is 11.4. The number of piperazine rings is 1. The highest BCUT2D eigenvalue weighted by molar-refractivity contribution is 7.18. The minimum absolute atomic E-state index is 0.0587. The Hall–Kier alpha value is -3.37. The molecule has 3 aromatic rings. The summed E-state index contributed by atoms with van der Waals surface area (Å²) in [5, 5.41) is 12.2. The summed E-state index contributed by atoms with van der Waals surface area (Å²) in [6.45, 7) is 4.06. The molecule has 1 N–H and O–H groups in total. The fourth-order valence-electron chi connectivity index (χ4n) is 3.48. The Balaban J connectivity index is 1.21. The molecule has 4 rings (SSSR count). The van der Waals surface area contributed by atoms with E-state index in [-0.39, 0.29) is 30.7 Å². The largest absolute Gasteiger partial charge is 0.481 e. The number of carbonyl (C=O) groups excluding carboxylic acids is 2. The van der Waals surface area contributed by atoms with Crippen LogP contribution in [0.15, 0.2) is 48.5 Å². The van der Waals surface area contributed by atoms with E-state index in [1.54, 1.807) is 17.0 Å². The molecule has 10 heteroatoms. The number of amides is 2. The molecule has 1 aliphatic rings. The van der Waals surface area contributed by atoms with Crippen LogP contribution in [0.4, 0.5) is 9.52 Å². The average Bonchev–Trinajstić information content (AvgIpc) is 3.27. The number of nitrogens with one attached hydrogen (secondary N) is 1. The molecule has 1 fully saturated rings. The van der Waals surface area contributed by atoms with Crippen LogP contribution < -0.4 is 10.1 Å². The molecular weight excluding hydrogens is 445 g/mol. The highest BCUT2D eigenvalue weighted by Gasteiger charge is 2.23. The quantitative estimate of drug-likeness (QED) is 0.573. The van der Waals surface area contributed by atoms with Crippen LogP contribution in [0.3, 0.4) is 0 Å². The molecule has 0 aliphatic carbocycles. The molecule has 2 aromatic carbocycles.